The van der Waals surface area contributed by atoms with Gasteiger partial charge in [0.05, 0.1) is 11.5 Å². The number of nitrogens with two attached hydrogens (primary N) is 1. The molecule has 7 heteroatoms. The molecular formula is C10H22N4O2S. The molecule has 6 nitrogen and oxygen atoms in total. The molecule has 0 saturated carbocycles. The zero-order valence-electron chi connectivity index (χ0n) is 10.4. The van der Waals surface area contributed by atoms with Crippen LogP contribution in [0.25, 0.3) is 0 Å². The van der Waals surface area contributed by atoms with Gasteiger partial charge in [-0.15, -0.1) is 0 Å². The summed E-state index contributed by atoms with van der Waals surface area (Å²) in [5.41, 5.74) is 2.48. The zero-order chi connectivity index (χ0) is 12.9. The molecule has 1 heterocycles. The van der Waals surface area contributed by atoms with Gasteiger partial charge in [-0.2, -0.15) is 0 Å². The predicted molar refractivity (Wildman–Crippen MR) is 69.3 cm³/mol. The van der Waals surface area contributed by atoms with Gasteiger partial charge in [0.2, 0.25) is 5.96 Å². The molecule has 100 valence electrons. The Bertz CT molecular complexity index is 365. The molecule has 1 unspecified atom stereocenters. The molecule has 0 spiro atoms. The van der Waals surface area contributed by atoms with Gasteiger partial charge in [0, 0.05) is 12.6 Å². The second-order valence-electron chi connectivity index (χ2n) is 4.83. The molecule has 0 aliphatic carbocycles. The Labute approximate surface area is 103 Å². The quantitative estimate of drug-likeness (QED) is 0.279. The first kappa shape index (κ1) is 14.2. The van der Waals surface area contributed by atoms with Crippen LogP contribution in [-0.2, 0) is 9.84 Å². The van der Waals surface area contributed by atoms with Crippen molar-refractivity contribution < 1.29 is 8.42 Å². The summed E-state index contributed by atoms with van der Waals surface area (Å²) < 4.78 is 22.9. The van der Waals surface area contributed by atoms with Crippen LogP contribution in [0.3, 0.4) is 0 Å². The molecule has 1 aliphatic rings. The fraction of sp³-hybridized carbons (Fsp3) is 0.900. The van der Waals surface area contributed by atoms with E-state index in [1.165, 1.54) is 0 Å². The number of hydrogen-bond donors (Lipinski definition) is 3. The Balaban J connectivity index is 2.53. The SMILES string of the molecule is CC(C)CN=C(NN)NC1CCCS(=O)(=O)C1. The fourth-order valence-corrected chi connectivity index (χ4v) is 3.37. The van der Waals surface area contributed by atoms with Gasteiger partial charge in [-0.1, -0.05) is 13.8 Å². The van der Waals surface area contributed by atoms with Gasteiger partial charge in [0.1, 0.15) is 0 Å². The van der Waals surface area contributed by atoms with E-state index < -0.39 is 9.84 Å². The Morgan fingerprint density at radius 3 is 2.76 bits per heavy atom. The minimum atomic E-state index is -2.90. The first-order valence-electron chi connectivity index (χ1n) is 5.91. The van der Waals surface area contributed by atoms with Gasteiger partial charge in [-0.3, -0.25) is 10.4 Å². The second kappa shape index (κ2) is 6.20. The van der Waals surface area contributed by atoms with E-state index in [4.69, 9.17) is 5.84 Å². The van der Waals surface area contributed by atoms with Crippen molar-refractivity contribution in [3.63, 3.8) is 0 Å². The first-order chi connectivity index (χ1) is 7.93. The number of rotatable bonds is 3. The standard InChI is InChI=1S/C10H22N4O2S/c1-8(2)6-12-10(14-11)13-9-4-3-5-17(15,16)7-9/h8-9H,3-7,11H2,1-2H3,(H2,12,13,14). The number of guanidine groups is 1. The molecule has 0 bridgehead atoms. The van der Waals surface area contributed by atoms with Gasteiger partial charge in [-0.25, -0.2) is 14.3 Å². The molecule has 1 aliphatic heterocycles. The summed E-state index contributed by atoms with van der Waals surface area (Å²) in [6.45, 7) is 4.78. The lowest BCUT2D eigenvalue weighted by Gasteiger charge is -2.24. The van der Waals surface area contributed by atoms with Crippen LogP contribution < -0.4 is 16.6 Å². The lowest BCUT2D eigenvalue weighted by Crippen LogP contribution is -2.50. The molecule has 0 radical (unpaired) electrons. The summed E-state index contributed by atoms with van der Waals surface area (Å²) in [6, 6.07) is -0.0873. The van der Waals surface area contributed by atoms with Crippen LogP contribution in [0.1, 0.15) is 26.7 Å². The molecule has 17 heavy (non-hydrogen) atoms. The topological polar surface area (TPSA) is 96.6 Å². The number of aliphatic imine (C=N–C) groups is 1. The van der Waals surface area contributed by atoms with Gasteiger partial charge in [0.25, 0.3) is 0 Å². The van der Waals surface area contributed by atoms with Crippen LogP contribution >= 0.6 is 0 Å². The smallest absolute Gasteiger partial charge is 0.205 e. The predicted octanol–water partition coefficient (Wildman–Crippen LogP) is -0.371. The van der Waals surface area contributed by atoms with Crippen molar-refractivity contribution in [3.05, 3.63) is 0 Å². The number of nitrogens with one attached hydrogen (secondary N) is 2. The molecule has 0 aromatic heterocycles. The summed E-state index contributed by atoms with van der Waals surface area (Å²) >= 11 is 0. The number of nitrogens with zero attached hydrogens (tertiary/aromatic N) is 1. The van der Waals surface area contributed by atoms with E-state index in [1.54, 1.807) is 0 Å². The van der Waals surface area contributed by atoms with Gasteiger partial charge >= 0.3 is 0 Å². The van der Waals surface area contributed by atoms with E-state index in [-0.39, 0.29) is 11.8 Å². The maximum absolute atomic E-state index is 11.5. The monoisotopic (exact) mass is 262 g/mol. The van der Waals surface area contributed by atoms with Crippen molar-refractivity contribution in [1.82, 2.24) is 10.7 Å². The maximum Gasteiger partial charge on any atom is 0.205 e. The third kappa shape index (κ3) is 5.36. The van der Waals surface area contributed by atoms with Crippen molar-refractivity contribution in [3.8, 4) is 0 Å². The molecule has 0 amide bonds. The second-order valence-corrected chi connectivity index (χ2v) is 7.05. The average molecular weight is 262 g/mol. The van der Waals surface area contributed by atoms with Gasteiger partial charge in [0.15, 0.2) is 9.84 Å². The zero-order valence-corrected chi connectivity index (χ0v) is 11.3. The largest absolute Gasteiger partial charge is 0.352 e. The summed E-state index contributed by atoms with van der Waals surface area (Å²) in [5, 5.41) is 3.05. The van der Waals surface area contributed by atoms with Gasteiger partial charge in [-0.05, 0) is 18.8 Å². The van der Waals surface area contributed by atoms with E-state index in [9.17, 15) is 8.42 Å². The Kier molecular flexibility index (Phi) is 5.20. The summed E-state index contributed by atoms with van der Waals surface area (Å²) in [5.74, 6) is 6.72. The average Bonchev–Trinajstić information content (AvgIpc) is 2.22. The highest BCUT2D eigenvalue weighted by molar-refractivity contribution is 7.91. The minimum absolute atomic E-state index is 0.0873. The van der Waals surface area contributed by atoms with Gasteiger partial charge < -0.3 is 5.32 Å². The van der Waals surface area contributed by atoms with E-state index in [1.807, 2.05) is 0 Å². The molecule has 0 aromatic carbocycles. The van der Waals surface area contributed by atoms with Crippen LogP contribution in [0.2, 0.25) is 0 Å². The molecule has 4 N–H and O–H groups in total. The van der Waals surface area contributed by atoms with Crippen LogP contribution in [-0.4, -0.2) is 38.5 Å². The highest BCUT2D eigenvalue weighted by Crippen LogP contribution is 2.11. The van der Waals surface area contributed by atoms with Crippen molar-refractivity contribution >= 4 is 15.8 Å². The van der Waals surface area contributed by atoms with Crippen molar-refractivity contribution in [2.45, 2.75) is 32.7 Å². The lowest BCUT2D eigenvalue weighted by molar-refractivity contribution is 0.525. The van der Waals surface area contributed by atoms with E-state index >= 15 is 0 Å². The van der Waals surface area contributed by atoms with E-state index in [0.717, 1.165) is 6.42 Å². The van der Waals surface area contributed by atoms with Crippen LogP contribution in [0.5, 0.6) is 0 Å². The van der Waals surface area contributed by atoms with Crippen molar-refractivity contribution in [2.75, 3.05) is 18.1 Å². The molecule has 0 aromatic rings. The Morgan fingerprint density at radius 1 is 1.53 bits per heavy atom. The molecular weight excluding hydrogens is 240 g/mol. The van der Waals surface area contributed by atoms with Crippen LogP contribution in [0, 0.1) is 5.92 Å². The minimum Gasteiger partial charge on any atom is -0.352 e. The Hall–Kier alpha value is -0.820. The third-order valence-electron chi connectivity index (χ3n) is 2.56. The summed E-state index contributed by atoms with van der Waals surface area (Å²) in [7, 11) is -2.90. The van der Waals surface area contributed by atoms with Crippen LogP contribution in [0.15, 0.2) is 4.99 Å². The number of hydrogen-bond acceptors (Lipinski definition) is 4. The molecule has 1 atom stereocenters. The summed E-state index contributed by atoms with van der Waals surface area (Å²) in [6.07, 6.45) is 1.53. The first-order valence-corrected chi connectivity index (χ1v) is 7.73. The molecule has 1 rings (SSSR count). The molecule has 1 fully saturated rings. The normalized spacial score (nSPS) is 24.7. The third-order valence-corrected chi connectivity index (χ3v) is 4.38. The highest BCUT2D eigenvalue weighted by Gasteiger charge is 2.25. The highest BCUT2D eigenvalue weighted by atomic mass is 32.2. The maximum atomic E-state index is 11.5. The fourth-order valence-electron chi connectivity index (χ4n) is 1.74. The number of hydrazine groups is 1. The number of sulfone groups is 1. The van der Waals surface area contributed by atoms with Crippen molar-refractivity contribution in [2.24, 2.45) is 16.8 Å². The van der Waals surface area contributed by atoms with Crippen molar-refractivity contribution in [1.29, 1.82) is 0 Å². The van der Waals surface area contributed by atoms with Crippen LogP contribution in [0.4, 0.5) is 0 Å². The Morgan fingerprint density at radius 2 is 2.24 bits per heavy atom. The van der Waals surface area contributed by atoms with E-state index in [2.05, 4.69) is 29.6 Å². The summed E-state index contributed by atoms with van der Waals surface area (Å²) in [4.78, 5) is 4.26. The lowest BCUT2D eigenvalue weighted by atomic mass is 10.2. The molecule has 1 saturated heterocycles. The van der Waals surface area contributed by atoms with E-state index in [0.29, 0.717) is 30.6 Å².